The van der Waals surface area contributed by atoms with Gasteiger partial charge in [-0.3, -0.25) is 57.8 Å². The third-order valence-electron chi connectivity index (χ3n) is 25.6. The van der Waals surface area contributed by atoms with E-state index in [9.17, 15) is 51.5 Å². The minimum Gasteiger partial charge on any atom is -0.482 e. The molecule has 4 unspecified atom stereocenters. The van der Waals surface area contributed by atoms with Gasteiger partial charge in [-0.15, -0.1) is 0 Å². The number of fused-ring (bicyclic) bond motifs is 21. The van der Waals surface area contributed by atoms with Crippen molar-refractivity contribution in [2.45, 2.75) is 70.3 Å². The number of hydrogen-bond acceptors (Lipinski definition) is 21. The molecule has 17 heterocycles. The fourth-order valence-corrected chi connectivity index (χ4v) is 19.7. The molecular weight excluding hydrogens is 1750 g/mol. The minimum absolute atomic E-state index is 0.0667. The van der Waals surface area contributed by atoms with Gasteiger partial charge in [0.15, 0.2) is 92.3 Å². The lowest BCUT2D eigenvalue weighted by Gasteiger charge is -2.51. The number of para-hydroxylation sites is 3. The average molecular weight is 1820 g/mol. The van der Waals surface area contributed by atoms with Crippen LogP contribution in [0.5, 0.6) is 17.2 Å². The summed E-state index contributed by atoms with van der Waals surface area (Å²) in [4.78, 5) is 110. The Morgan fingerprint density at radius 1 is 0.328 bits per heavy atom. The summed E-state index contributed by atoms with van der Waals surface area (Å²) < 4.78 is 158. The van der Waals surface area contributed by atoms with E-state index in [1.165, 1.54) is 53.8 Å². The molecule has 30 nitrogen and oxygen atoms in total. The molecule has 0 N–H and O–H groups in total. The summed E-state index contributed by atoms with van der Waals surface area (Å²) in [7, 11) is 0. The van der Waals surface area contributed by atoms with Crippen molar-refractivity contribution in [3.05, 3.63) is 397 Å². The molecule has 3 amide bonds. The molecule has 9 aliphatic heterocycles. The number of rotatable bonds is 12. The molecule has 0 bridgehead atoms. The number of amides is 3. The van der Waals surface area contributed by atoms with E-state index in [0.717, 1.165) is 57.5 Å². The fourth-order valence-electron chi connectivity index (χ4n) is 19.7. The monoisotopic (exact) mass is 1820 g/mol. The molecule has 6 atom stereocenters. The van der Waals surface area contributed by atoms with Crippen LogP contribution in [0.4, 0.5) is 26.3 Å². The zero-order valence-electron chi connectivity index (χ0n) is 70.9. The van der Waals surface area contributed by atoms with E-state index in [1.807, 2.05) is 138 Å². The highest BCUT2D eigenvalue weighted by Gasteiger charge is 2.52. The number of halogens is 6. The Morgan fingerprint density at radius 2 is 0.642 bits per heavy atom. The van der Waals surface area contributed by atoms with Crippen LogP contribution >= 0.6 is 0 Å². The van der Waals surface area contributed by atoms with Crippen LogP contribution < -0.4 is 57.2 Å². The normalized spacial score (nSPS) is 18.4. The van der Waals surface area contributed by atoms with Gasteiger partial charge in [-0.05, 0) is 109 Å². The molecule has 3 saturated heterocycles. The number of morpholine rings is 3. The Labute approximate surface area is 753 Å². The van der Waals surface area contributed by atoms with Crippen LogP contribution in [0.15, 0.2) is 273 Å². The summed E-state index contributed by atoms with van der Waals surface area (Å²) >= 11 is 0. The second-order valence-electron chi connectivity index (χ2n) is 32.8. The summed E-state index contributed by atoms with van der Waals surface area (Å²) in [6.07, 6.45) is 7.85. The first-order valence-corrected chi connectivity index (χ1v) is 42.8. The Hall–Kier alpha value is -16.1. The highest BCUT2D eigenvalue weighted by Crippen LogP contribution is 2.51. The molecule has 0 saturated carbocycles. The standard InChI is InChI=1S/C34H26F2N4O4.2C32H24F2N4O7/c35-24-13-12-23-29(30(24)36)26-11-6-15-37(26)25-10-5-4-9-22(25)31(23)40-28-20-43-18-17-38(28)34(42)32-33(27(41)14-16-39(32)40)44-19-21-7-2-1-3-8-21;2*1-17-24(45-32(41)44-17)15-43-30-23(39)10-12-37-29(30)31(40)36-13-14-42-16-25(36)38(37)28-18-5-2-3-6-21(18)35-11-4-7-22(35)26-19(28)8-9-20(33)27(26)34/h1-16,28,31H,17-20H2;2*2-12,25,28H,13-16H2,1H3/t;25-,28-;/m.1./s1. The SMILES string of the molecule is Cc1oc(=O)oc1COc1c2n(ccc1=O)N(C1c3ccccc3-n3cccc3-c3c1ccc(F)c3F)C1COCCN1C2=O.Cc1oc(=O)oc1COc1c2n(ccc1=O)N([C@@H]1c3ccccc3-n3cccc3-c3c1ccc(F)c3F)[C@@H]1COCCN1C2=O.O=C1c2c(OCc3ccccc3)c(=O)ccn2N(C2c3ccccc3-n3cccc3-c3c2ccc(F)c3F)C2COCCN12. The summed E-state index contributed by atoms with van der Waals surface area (Å²) in [5.74, 6) is -9.20. The number of hydrogen-bond donors (Lipinski definition) is 0. The lowest BCUT2D eigenvalue weighted by molar-refractivity contribution is -0.0199. The molecule has 3 fully saturated rings. The molecule has 676 valence electrons. The maximum absolute atomic E-state index is 15.9. The summed E-state index contributed by atoms with van der Waals surface area (Å²) in [5, 5.41) is 5.60. The van der Waals surface area contributed by atoms with E-state index in [4.69, 9.17) is 46.1 Å². The molecule has 0 aliphatic carbocycles. The molecule has 0 radical (unpaired) electrons. The van der Waals surface area contributed by atoms with Crippen LogP contribution in [-0.2, 0) is 34.0 Å². The van der Waals surface area contributed by atoms with Crippen LogP contribution in [-0.4, -0.2) is 138 Å². The molecule has 134 heavy (non-hydrogen) atoms. The zero-order chi connectivity index (χ0) is 91.9. The quantitative estimate of drug-likeness (QED) is 0.103. The maximum Gasteiger partial charge on any atom is 0.519 e. The summed E-state index contributed by atoms with van der Waals surface area (Å²) in [6, 6.07) is 52.1. The Morgan fingerprint density at radius 3 is 0.963 bits per heavy atom. The smallest absolute Gasteiger partial charge is 0.482 e. The number of carbonyl (C=O) groups is 3. The van der Waals surface area contributed by atoms with Crippen LogP contribution in [0.1, 0.15) is 112 Å². The number of benzene rings is 7. The number of carbonyl (C=O) groups excluding carboxylic acids is 3. The van der Waals surface area contributed by atoms with Gasteiger partial charge in [-0.2, -0.15) is 0 Å². The first-order valence-electron chi connectivity index (χ1n) is 42.8. The molecule has 24 rings (SSSR count). The van der Waals surface area contributed by atoms with Crippen molar-refractivity contribution >= 4 is 17.7 Å². The fraction of sp³-hybridized carbons (Fsp3) is 0.204. The van der Waals surface area contributed by atoms with Gasteiger partial charge in [0.05, 0.1) is 73.8 Å². The van der Waals surface area contributed by atoms with Crippen LogP contribution in [0.2, 0.25) is 0 Å². The molecule has 36 heteroatoms. The van der Waals surface area contributed by atoms with E-state index >= 15 is 13.2 Å². The van der Waals surface area contributed by atoms with Gasteiger partial charge in [-0.1, -0.05) is 103 Å². The van der Waals surface area contributed by atoms with Gasteiger partial charge in [0.1, 0.15) is 56.4 Å². The largest absolute Gasteiger partial charge is 0.519 e. The topological polar surface area (TPSA) is 294 Å². The molecule has 9 aliphatic rings. The Bertz CT molecular complexity index is 7360. The maximum atomic E-state index is 15.9. The van der Waals surface area contributed by atoms with Gasteiger partial charge in [0.25, 0.3) is 17.7 Å². The molecule has 7 aromatic carbocycles. The van der Waals surface area contributed by atoms with Crippen molar-refractivity contribution in [1.82, 2.24) is 42.4 Å². The highest BCUT2D eigenvalue weighted by atomic mass is 19.2. The predicted octanol–water partition coefficient (Wildman–Crippen LogP) is 12.8. The summed E-state index contributed by atoms with van der Waals surface area (Å²) in [5.41, 5.74) is 6.77. The molecule has 8 aromatic heterocycles. The van der Waals surface area contributed by atoms with E-state index in [1.54, 1.807) is 92.6 Å². The van der Waals surface area contributed by atoms with Crippen molar-refractivity contribution in [3.8, 4) is 68.1 Å². The predicted molar refractivity (Wildman–Crippen MR) is 466 cm³/mol. The van der Waals surface area contributed by atoms with Crippen LogP contribution in [0.3, 0.4) is 0 Å². The van der Waals surface area contributed by atoms with E-state index in [-0.39, 0.29) is 152 Å². The van der Waals surface area contributed by atoms with Gasteiger partial charge < -0.3 is 74.5 Å². The zero-order valence-corrected chi connectivity index (χ0v) is 70.9. The van der Waals surface area contributed by atoms with Crippen LogP contribution in [0, 0.1) is 48.8 Å². The molecule has 15 aromatic rings. The van der Waals surface area contributed by atoms with Crippen molar-refractivity contribution in [3.63, 3.8) is 0 Å². The number of pyridine rings is 3. The number of aromatic nitrogens is 6. The average Bonchev–Trinajstić information content (AvgIpc) is 1.52. The molecule has 0 spiro atoms. The third-order valence-corrected chi connectivity index (χ3v) is 25.6. The van der Waals surface area contributed by atoms with Crippen molar-refractivity contribution < 1.29 is 86.8 Å². The second-order valence-corrected chi connectivity index (χ2v) is 32.8. The lowest BCUT2D eigenvalue weighted by Crippen LogP contribution is -2.66. The van der Waals surface area contributed by atoms with Gasteiger partial charge in [0, 0.05) is 108 Å². The number of nitrogens with zero attached hydrogens (tertiary/aromatic N) is 12. The van der Waals surface area contributed by atoms with Crippen LogP contribution in [0.25, 0.3) is 50.8 Å². The second kappa shape index (κ2) is 33.1. The van der Waals surface area contributed by atoms with E-state index < -0.39 is 111 Å². The van der Waals surface area contributed by atoms with E-state index in [2.05, 4.69) is 0 Å². The Balaban J connectivity index is 0.000000117. The van der Waals surface area contributed by atoms with Gasteiger partial charge >= 0.3 is 11.6 Å². The van der Waals surface area contributed by atoms with Crippen molar-refractivity contribution in [2.24, 2.45) is 0 Å². The first-order chi connectivity index (χ1) is 65.2. The summed E-state index contributed by atoms with van der Waals surface area (Å²) in [6.45, 7) is 4.32. The first kappa shape index (κ1) is 83.5. The highest BCUT2D eigenvalue weighted by molar-refractivity contribution is 5.99. The third kappa shape index (κ3) is 13.5. The van der Waals surface area contributed by atoms with Gasteiger partial charge in [0.2, 0.25) is 16.3 Å². The van der Waals surface area contributed by atoms with E-state index in [0.29, 0.717) is 40.4 Å². The van der Waals surface area contributed by atoms with Crippen molar-refractivity contribution in [1.29, 1.82) is 0 Å². The minimum atomic E-state index is -1.00. The number of aryl methyl sites for hydroxylation is 2. The lowest BCUT2D eigenvalue weighted by atomic mass is 9.91. The Kier molecular flexibility index (Phi) is 20.6. The number of ether oxygens (including phenoxy) is 6. The molecular formula is C98H74F6N12O18. The van der Waals surface area contributed by atoms with Gasteiger partial charge in [-0.25, -0.2) is 35.9 Å². The van der Waals surface area contributed by atoms with Crippen molar-refractivity contribution in [2.75, 3.05) is 74.3 Å².